The Kier molecular flexibility index (Phi) is 6.91. The first-order chi connectivity index (χ1) is 12.5. The molecule has 0 bridgehead atoms. The summed E-state index contributed by atoms with van der Waals surface area (Å²) in [4.78, 5) is 20.0. The molecule has 136 valence electrons. The Balaban J connectivity index is 2.27. The highest BCUT2D eigenvalue weighted by Crippen LogP contribution is 2.24. The first-order valence-electron chi connectivity index (χ1n) is 8.52. The van der Waals surface area contributed by atoms with E-state index >= 15 is 0 Å². The normalized spacial score (nSPS) is 11.6. The van der Waals surface area contributed by atoms with Crippen LogP contribution in [0.4, 0.5) is 17.5 Å². The first-order valence-corrected chi connectivity index (χ1v) is 8.52. The van der Waals surface area contributed by atoms with Crippen molar-refractivity contribution in [2.75, 3.05) is 17.2 Å². The highest BCUT2D eigenvalue weighted by Gasteiger charge is 2.09. The molecule has 2 rings (SSSR count). The van der Waals surface area contributed by atoms with Crippen molar-refractivity contribution in [3.8, 4) is 0 Å². The van der Waals surface area contributed by atoms with E-state index < -0.39 is 0 Å². The molecule has 0 aliphatic heterocycles. The first kappa shape index (κ1) is 19.2. The average molecular weight is 351 g/mol. The molecule has 0 unspecified atom stereocenters. The van der Waals surface area contributed by atoms with E-state index in [1.165, 1.54) is 5.56 Å². The molecule has 0 spiro atoms. The lowest BCUT2D eigenvalue weighted by atomic mass is 10.1. The number of rotatable bonds is 8. The van der Waals surface area contributed by atoms with E-state index in [0.29, 0.717) is 18.3 Å². The van der Waals surface area contributed by atoms with E-state index in [-0.39, 0.29) is 12.3 Å². The number of anilines is 3. The van der Waals surface area contributed by atoms with Crippen LogP contribution in [0.3, 0.4) is 0 Å². The van der Waals surface area contributed by atoms with Crippen LogP contribution in [0.15, 0.2) is 48.7 Å². The second-order valence-corrected chi connectivity index (χ2v) is 5.97. The van der Waals surface area contributed by atoms with Crippen molar-refractivity contribution >= 4 is 28.9 Å². The van der Waals surface area contributed by atoms with Gasteiger partial charge in [0, 0.05) is 30.4 Å². The maximum atomic E-state index is 11.0. The summed E-state index contributed by atoms with van der Waals surface area (Å²) in [5, 5.41) is 6.37. The summed E-state index contributed by atoms with van der Waals surface area (Å²) in [6.45, 7) is 6.40. The summed E-state index contributed by atoms with van der Waals surface area (Å²) >= 11 is 0. The van der Waals surface area contributed by atoms with Gasteiger partial charge in [-0.25, -0.2) is 4.98 Å². The van der Waals surface area contributed by atoms with Crippen molar-refractivity contribution < 1.29 is 4.79 Å². The molecule has 0 aliphatic carbocycles. The molecule has 4 N–H and O–H groups in total. The van der Waals surface area contributed by atoms with Crippen molar-refractivity contribution in [1.29, 1.82) is 0 Å². The van der Waals surface area contributed by atoms with Gasteiger partial charge in [0.15, 0.2) is 0 Å². The fourth-order valence-electron chi connectivity index (χ4n) is 2.27. The van der Waals surface area contributed by atoms with Crippen LogP contribution in [-0.2, 0) is 4.79 Å². The van der Waals surface area contributed by atoms with Gasteiger partial charge in [0.1, 0.15) is 5.82 Å². The highest BCUT2D eigenvalue weighted by atomic mass is 16.1. The quantitative estimate of drug-likeness (QED) is 0.629. The zero-order valence-electron chi connectivity index (χ0n) is 15.4. The van der Waals surface area contributed by atoms with E-state index in [0.717, 1.165) is 16.8 Å². The third-order valence-electron chi connectivity index (χ3n) is 3.72. The lowest BCUT2D eigenvalue weighted by Gasteiger charge is -2.13. The van der Waals surface area contributed by atoms with Crippen molar-refractivity contribution in [2.45, 2.75) is 27.2 Å². The number of nitrogens with two attached hydrogens (primary N) is 1. The topological polar surface area (TPSA) is 92.9 Å². The average Bonchev–Trinajstić information content (AvgIpc) is 2.61. The number of carbonyl (C=O) groups is 1. The molecule has 1 aromatic carbocycles. The lowest BCUT2D eigenvalue weighted by molar-refractivity contribution is -0.117. The van der Waals surface area contributed by atoms with E-state index in [1.54, 1.807) is 6.20 Å². The summed E-state index contributed by atoms with van der Waals surface area (Å²) in [6, 6.07) is 7.99. The Morgan fingerprint density at radius 3 is 2.65 bits per heavy atom. The number of primary amides is 1. The van der Waals surface area contributed by atoms with Crippen LogP contribution >= 0.6 is 0 Å². The Labute approximate surface area is 154 Å². The predicted molar refractivity (Wildman–Crippen MR) is 107 cm³/mol. The Bertz CT molecular complexity index is 809. The minimum absolute atomic E-state index is 0.238. The van der Waals surface area contributed by atoms with Gasteiger partial charge in [-0.15, -0.1) is 0 Å². The van der Waals surface area contributed by atoms with Crippen LogP contribution in [-0.4, -0.2) is 22.4 Å². The van der Waals surface area contributed by atoms with Gasteiger partial charge in [0.05, 0.1) is 0 Å². The van der Waals surface area contributed by atoms with Gasteiger partial charge in [0.25, 0.3) is 0 Å². The molecule has 6 heteroatoms. The van der Waals surface area contributed by atoms with Gasteiger partial charge in [-0.2, -0.15) is 4.98 Å². The van der Waals surface area contributed by atoms with Crippen molar-refractivity contribution in [3.05, 3.63) is 59.8 Å². The smallest absolute Gasteiger partial charge is 0.229 e. The minimum Gasteiger partial charge on any atom is -0.370 e. The maximum Gasteiger partial charge on any atom is 0.229 e. The second kappa shape index (κ2) is 9.36. The van der Waals surface area contributed by atoms with Gasteiger partial charge in [-0.1, -0.05) is 35.9 Å². The number of nitrogens with zero attached hydrogens (tertiary/aromatic N) is 2. The molecule has 1 heterocycles. The molecule has 0 radical (unpaired) electrons. The number of nitrogens with one attached hydrogen (secondary N) is 2. The SMILES string of the molecule is C/C=C\C=C(/C)c1cnc(Nc2ccc(C)cc2)nc1NCCC(N)=O. The van der Waals surface area contributed by atoms with E-state index in [1.807, 2.05) is 63.3 Å². The second-order valence-electron chi connectivity index (χ2n) is 5.97. The maximum absolute atomic E-state index is 11.0. The van der Waals surface area contributed by atoms with Gasteiger partial charge >= 0.3 is 0 Å². The van der Waals surface area contributed by atoms with Crippen LogP contribution in [0.2, 0.25) is 0 Å². The Morgan fingerprint density at radius 2 is 2.00 bits per heavy atom. The molecule has 1 aromatic heterocycles. The molecular weight excluding hydrogens is 326 g/mol. The summed E-state index contributed by atoms with van der Waals surface area (Å²) < 4.78 is 0. The van der Waals surface area contributed by atoms with Crippen LogP contribution in [0.1, 0.15) is 31.4 Å². The number of aromatic nitrogens is 2. The Morgan fingerprint density at radius 1 is 1.27 bits per heavy atom. The number of benzene rings is 1. The molecule has 0 atom stereocenters. The molecule has 1 amide bonds. The lowest BCUT2D eigenvalue weighted by Crippen LogP contribution is -2.17. The standard InChI is InChI=1S/C20H25N5O/c1-4-5-6-15(3)17-13-23-20(24-16-9-7-14(2)8-10-16)25-19(17)22-12-11-18(21)26/h4-10,13H,11-12H2,1-3H3,(H2,21,26)(H2,22,23,24,25)/b5-4-,15-6+. The fraction of sp³-hybridized carbons (Fsp3) is 0.250. The van der Waals surface area contributed by atoms with Crippen molar-refractivity contribution in [2.24, 2.45) is 5.73 Å². The van der Waals surface area contributed by atoms with Gasteiger partial charge in [-0.05, 0) is 38.5 Å². The summed E-state index contributed by atoms with van der Waals surface area (Å²) in [5.41, 5.74) is 9.21. The number of allylic oxidation sites excluding steroid dienone is 4. The number of hydrogen-bond acceptors (Lipinski definition) is 5. The molecule has 0 saturated heterocycles. The van der Waals surface area contributed by atoms with Crippen LogP contribution in [0.5, 0.6) is 0 Å². The third-order valence-corrected chi connectivity index (χ3v) is 3.72. The van der Waals surface area contributed by atoms with Crippen LogP contribution in [0.25, 0.3) is 5.57 Å². The third kappa shape index (κ3) is 5.73. The Hall–Kier alpha value is -3.15. The summed E-state index contributed by atoms with van der Waals surface area (Å²) in [5.74, 6) is 0.791. The molecule has 26 heavy (non-hydrogen) atoms. The fourth-order valence-corrected chi connectivity index (χ4v) is 2.27. The number of amides is 1. The molecule has 2 aromatic rings. The van der Waals surface area contributed by atoms with Crippen LogP contribution in [0, 0.1) is 6.92 Å². The van der Waals surface area contributed by atoms with E-state index in [4.69, 9.17) is 5.73 Å². The minimum atomic E-state index is -0.354. The molecule has 6 nitrogen and oxygen atoms in total. The van der Waals surface area contributed by atoms with Crippen molar-refractivity contribution in [3.63, 3.8) is 0 Å². The zero-order valence-corrected chi connectivity index (χ0v) is 15.4. The molecule has 0 aliphatic rings. The van der Waals surface area contributed by atoms with Crippen LogP contribution < -0.4 is 16.4 Å². The summed E-state index contributed by atoms with van der Waals surface area (Å²) in [7, 11) is 0. The van der Waals surface area contributed by atoms with E-state index in [9.17, 15) is 4.79 Å². The molecular formula is C20H25N5O. The number of hydrogen-bond donors (Lipinski definition) is 3. The number of carbonyl (C=O) groups excluding carboxylic acids is 1. The molecule has 0 fully saturated rings. The molecule has 0 saturated carbocycles. The monoisotopic (exact) mass is 351 g/mol. The predicted octanol–water partition coefficient (Wildman–Crippen LogP) is 3.80. The summed E-state index contributed by atoms with van der Waals surface area (Å²) in [6.07, 6.45) is 7.91. The van der Waals surface area contributed by atoms with E-state index in [2.05, 4.69) is 20.6 Å². The van der Waals surface area contributed by atoms with Gasteiger partial charge in [-0.3, -0.25) is 4.79 Å². The highest BCUT2D eigenvalue weighted by molar-refractivity contribution is 5.76. The number of aryl methyl sites for hydroxylation is 1. The van der Waals surface area contributed by atoms with Crippen molar-refractivity contribution in [1.82, 2.24) is 9.97 Å². The zero-order chi connectivity index (χ0) is 18.9. The largest absolute Gasteiger partial charge is 0.370 e. The van der Waals surface area contributed by atoms with Gasteiger partial charge in [0.2, 0.25) is 11.9 Å². The van der Waals surface area contributed by atoms with Gasteiger partial charge < -0.3 is 16.4 Å².